The Hall–Kier alpha value is -3.86. The Morgan fingerprint density at radius 2 is 1.60 bits per heavy atom. The number of ether oxygens (including phenoxy) is 2. The first kappa shape index (κ1) is 28.3. The third-order valence-electron chi connectivity index (χ3n) is 7.62. The van der Waals surface area contributed by atoms with Crippen LogP contribution < -0.4 is 5.73 Å². The second kappa shape index (κ2) is 13.0. The summed E-state index contributed by atoms with van der Waals surface area (Å²) in [4.78, 5) is 0. The summed E-state index contributed by atoms with van der Waals surface area (Å²) < 4.78 is 15.0. The number of hydrogen-bond donors (Lipinski definition) is 2. The maximum Gasteiger partial charge on any atom is 0.214 e. The van der Waals surface area contributed by atoms with Gasteiger partial charge in [0.05, 0.1) is 24.5 Å². The molecule has 0 radical (unpaired) electrons. The highest BCUT2D eigenvalue weighted by molar-refractivity contribution is 7.99. The molecule has 0 spiro atoms. The monoisotopic (exact) mass is 579 g/mol. The molecule has 214 valence electrons. The van der Waals surface area contributed by atoms with Crippen molar-refractivity contribution in [1.82, 2.24) is 20.2 Å². The quantitative estimate of drug-likeness (QED) is 0.209. The Bertz CT molecular complexity index is 1590. The Morgan fingerprint density at radius 1 is 0.833 bits per heavy atom. The van der Waals surface area contributed by atoms with Crippen molar-refractivity contribution in [2.45, 2.75) is 43.7 Å². The molecule has 4 atom stereocenters. The van der Waals surface area contributed by atoms with Crippen LogP contribution >= 0.6 is 11.8 Å². The summed E-state index contributed by atoms with van der Waals surface area (Å²) in [5.41, 5.74) is 12.9. The van der Waals surface area contributed by atoms with Crippen LogP contribution in [0.5, 0.6) is 0 Å². The predicted molar refractivity (Wildman–Crippen MR) is 163 cm³/mol. The van der Waals surface area contributed by atoms with Crippen LogP contribution in [0.1, 0.15) is 41.6 Å². The molecule has 3 N–H and O–H groups in total. The van der Waals surface area contributed by atoms with Crippen LogP contribution in [-0.4, -0.2) is 37.2 Å². The van der Waals surface area contributed by atoms with Gasteiger partial charge in [0.1, 0.15) is 0 Å². The molecule has 0 bridgehead atoms. The van der Waals surface area contributed by atoms with Crippen LogP contribution in [0.4, 0.5) is 0 Å². The van der Waals surface area contributed by atoms with Crippen LogP contribution in [0.15, 0.2) is 108 Å². The molecule has 0 saturated carbocycles. The molecule has 1 aliphatic heterocycles. The first-order valence-corrected chi connectivity index (χ1v) is 15.0. The maximum absolute atomic E-state index is 9.54. The number of aliphatic hydroxyl groups is 1. The van der Waals surface area contributed by atoms with Gasteiger partial charge in [0.25, 0.3) is 0 Å². The first-order chi connectivity index (χ1) is 20.6. The van der Waals surface area contributed by atoms with E-state index in [9.17, 15) is 5.11 Å². The van der Waals surface area contributed by atoms with E-state index in [2.05, 4.69) is 58.8 Å². The van der Waals surface area contributed by atoms with Gasteiger partial charge in [0, 0.05) is 23.8 Å². The second-order valence-corrected chi connectivity index (χ2v) is 11.4. The highest BCUT2D eigenvalue weighted by atomic mass is 32.2. The number of tetrazole rings is 1. The van der Waals surface area contributed by atoms with E-state index in [4.69, 9.17) is 15.2 Å². The lowest BCUT2D eigenvalue weighted by molar-refractivity contribution is -0.268. The minimum absolute atomic E-state index is 0.00300. The van der Waals surface area contributed by atoms with Crippen molar-refractivity contribution >= 4 is 11.8 Å². The van der Waals surface area contributed by atoms with E-state index < -0.39 is 6.29 Å². The van der Waals surface area contributed by atoms with Crippen molar-refractivity contribution < 1.29 is 14.6 Å². The zero-order chi connectivity index (χ0) is 28.9. The van der Waals surface area contributed by atoms with Crippen molar-refractivity contribution in [3.8, 4) is 16.8 Å². The lowest BCUT2D eigenvalue weighted by Crippen LogP contribution is -2.38. The summed E-state index contributed by atoms with van der Waals surface area (Å²) in [5, 5.41) is 22.6. The molecular formula is C33H33N5O3S. The number of rotatable bonds is 9. The van der Waals surface area contributed by atoms with Gasteiger partial charge in [-0.2, -0.15) is 4.68 Å². The lowest BCUT2D eigenvalue weighted by Gasteiger charge is -2.41. The first-order valence-electron chi connectivity index (χ1n) is 14.0. The summed E-state index contributed by atoms with van der Waals surface area (Å²) in [6, 6.07) is 34.4. The number of aromatic nitrogens is 4. The third kappa shape index (κ3) is 6.16. The molecule has 5 aromatic rings. The second-order valence-electron chi connectivity index (χ2n) is 10.4. The number of benzene rings is 4. The van der Waals surface area contributed by atoms with Crippen molar-refractivity contribution in [3.05, 3.63) is 125 Å². The average molecular weight is 580 g/mol. The fourth-order valence-corrected chi connectivity index (χ4v) is 6.23. The van der Waals surface area contributed by atoms with Gasteiger partial charge in [-0.15, -0.1) is 5.10 Å². The van der Waals surface area contributed by atoms with Gasteiger partial charge >= 0.3 is 0 Å². The molecule has 6 rings (SSSR count). The summed E-state index contributed by atoms with van der Waals surface area (Å²) in [5.74, 6) is 0.691. The molecule has 0 unspecified atom stereocenters. The smallest absolute Gasteiger partial charge is 0.214 e. The highest BCUT2D eigenvalue weighted by Gasteiger charge is 2.38. The topological polar surface area (TPSA) is 108 Å². The summed E-state index contributed by atoms with van der Waals surface area (Å²) >= 11 is 1.57. The number of nitrogens with zero attached hydrogens (tertiary/aromatic N) is 4. The molecule has 8 nitrogen and oxygen atoms in total. The maximum atomic E-state index is 9.54. The summed E-state index contributed by atoms with van der Waals surface area (Å²) in [6.07, 6.45) is -0.893. The van der Waals surface area contributed by atoms with E-state index in [0.717, 1.165) is 39.1 Å². The van der Waals surface area contributed by atoms with E-state index >= 15 is 0 Å². The fourth-order valence-electron chi connectivity index (χ4n) is 5.18. The Balaban J connectivity index is 1.25. The number of thioether (sulfide) groups is 1. The third-order valence-corrected chi connectivity index (χ3v) is 8.63. The van der Waals surface area contributed by atoms with Crippen molar-refractivity contribution in [3.63, 3.8) is 0 Å². The standard InChI is InChI=1S/C33H33N5O3S/c1-22-30(21-42-33-35-36-37-38(33)29-8-3-2-4-9-29)40-32(41-31(22)26-12-10-23(20-39)11-13-26)27-16-14-25(15-17-27)28-7-5-6-24(18-28)19-34/h2-18,22,30-32,39H,19-21,34H2,1H3/t22-,30+,31+,32+/m1/s1. The molecule has 1 aromatic heterocycles. The molecule has 0 aliphatic carbocycles. The van der Waals surface area contributed by atoms with Gasteiger partial charge in [0.15, 0.2) is 6.29 Å². The fraction of sp³-hybridized carbons (Fsp3) is 0.242. The minimum atomic E-state index is -0.552. The lowest BCUT2D eigenvalue weighted by atomic mass is 9.91. The van der Waals surface area contributed by atoms with Gasteiger partial charge in [-0.3, -0.25) is 0 Å². The summed E-state index contributed by atoms with van der Waals surface area (Å²) in [7, 11) is 0. The normalized spacial score (nSPS) is 20.5. The highest BCUT2D eigenvalue weighted by Crippen LogP contribution is 2.43. The predicted octanol–water partition coefficient (Wildman–Crippen LogP) is 5.86. The average Bonchev–Trinajstić information content (AvgIpc) is 3.53. The van der Waals surface area contributed by atoms with Crippen molar-refractivity contribution in [2.75, 3.05) is 5.75 Å². The number of para-hydroxylation sites is 1. The van der Waals surface area contributed by atoms with Gasteiger partial charge in [-0.1, -0.05) is 104 Å². The van der Waals surface area contributed by atoms with Crippen molar-refractivity contribution in [2.24, 2.45) is 11.7 Å². The molecular weight excluding hydrogens is 546 g/mol. The van der Waals surface area contributed by atoms with Crippen LogP contribution in [-0.2, 0) is 22.6 Å². The van der Waals surface area contributed by atoms with E-state index in [1.165, 1.54) is 0 Å². The molecule has 1 saturated heterocycles. The Morgan fingerprint density at radius 3 is 2.33 bits per heavy atom. The minimum Gasteiger partial charge on any atom is -0.392 e. The van der Waals surface area contributed by atoms with Gasteiger partial charge in [-0.25, -0.2) is 0 Å². The van der Waals surface area contributed by atoms with Crippen LogP contribution in [0.2, 0.25) is 0 Å². The number of hydrogen-bond acceptors (Lipinski definition) is 8. The van der Waals surface area contributed by atoms with Crippen LogP contribution in [0.25, 0.3) is 16.8 Å². The number of nitrogens with two attached hydrogens (primary N) is 1. The molecule has 1 fully saturated rings. The molecule has 9 heteroatoms. The number of aliphatic hydroxyl groups excluding tert-OH is 1. The van der Waals surface area contributed by atoms with Gasteiger partial charge < -0.3 is 20.3 Å². The zero-order valence-electron chi connectivity index (χ0n) is 23.3. The van der Waals surface area contributed by atoms with E-state index in [1.54, 1.807) is 16.4 Å². The van der Waals surface area contributed by atoms with Crippen LogP contribution in [0.3, 0.4) is 0 Å². The molecule has 4 aromatic carbocycles. The SMILES string of the molecule is C[C@@H]1[C@H](CSc2nnnn2-c2ccccc2)O[C@H](c2ccc(-c3cccc(CN)c3)cc2)O[C@@H]1c1ccc(CO)cc1. The molecule has 2 heterocycles. The molecule has 42 heavy (non-hydrogen) atoms. The van der Waals surface area contributed by atoms with Crippen molar-refractivity contribution in [1.29, 1.82) is 0 Å². The van der Waals surface area contributed by atoms with E-state index in [-0.39, 0.29) is 24.7 Å². The van der Waals surface area contributed by atoms with E-state index in [0.29, 0.717) is 17.5 Å². The van der Waals surface area contributed by atoms with Gasteiger partial charge in [-0.05, 0) is 56.4 Å². The zero-order valence-corrected chi connectivity index (χ0v) is 24.1. The molecule has 1 aliphatic rings. The summed E-state index contributed by atoms with van der Waals surface area (Å²) in [6.45, 7) is 2.66. The Kier molecular flexibility index (Phi) is 8.73. The largest absolute Gasteiger partial charge is 0.392 e. The van der Waals surface area contributed by atoms with Crippen LogP contribution in [0, 0.1) is 5.92 Å². The Labute approximate surface area is 249 Å². The van der Waals surface area contributed by atoms with Gasteiger partial charge in [0.2, 0.25) is 5.16 Å². The molecule has 0 amide bonds. The van der Waals surface area contributed by atoms with E-state index in [1.807, 2.05) is 66.7 Å².